The van der Waals surface area contributed by atoms with E-state index in [1.807, 2.05) is 17.7 Å². The zero-order valence-electron chi connectivity index (χ0n) is 14.3. The van der Waals surface area contributed by atoms with E-state index in [9.17, 15) is 4.79 Å². The Hall–Kier alpha value is -2.17. The van der Waals surface area contributed by atoms with Gasteiger partial charge in [-0.15, -0.1) is 0 Å². The summed E-state index contributed by atoms with van der Waals surface area (Å²) < 4.78 is 1.92. The molecule has 4 rings (SSSR count). The summed E-state index contributed by atoms with van der Waals surface area (Å²) in [5.41, 5.74) is 3.14. The number of pyridine rings is 1. The van der Waals surface area contributed by atoms with E-state index in [-0.39, 0.29) is 11.6 Å². The van der Waals surface area contributed by atoms with Crippen LogP contribution in [0.4, 0.5) is 5.95 Å². The first-order valence-electron chi connectivity index (χ1n) is 8.94. The zero-order valence-corrected chi connectivity index (χ0v) is 14.3. The van der Waals surface area contributed by atoms with Gasteiger partial charge in [0.1, 0.15) is 5.65 Å². The summed E-state index contributed by atoms with van der Waals surface area (Å²) in [7, 11) is 0. The fraction of sp³-hybridized carbons (Fsp3) is 0.526. The van der Waals surface area contributed by atoms with Crippen LogP contribution in [0.2, 0.25) is 0 Å². The van der Waals surface area contributed by atoms with E-state index in [4.69, 9.17) is 4.98 Å². The highest BCUT2D eigenvalue weighted by atomic mass is 16.1. The Morgan fingerprint density at radius 1 is 1.21 bits per heavy atom. The van der Waals surface area contributed by atoms with Crippen molar-refractivity contribution in [3.8, 4) is 0 Å². The van der Waals surface area contributed by atoms with Gasteiger partial charge in [0.05, 0.1) is 0 Å². The minimum atomic E-state index is 0.0728. The molecule has 2 aromatic heterocycles. The third kappa shape index (κ3) is 2.62. The number of hydrogen-bond donors (Lipinski definition) is 0. The molecule has 5 heteroatoms. The van der Waals surface area contributed by atoms with Gasteiger partial charge in [0.25, 0.3) is 5.56 Å². The molecule has 126 valence electrons. The second kappa shape index (κ2) is 6.04. The van der Waals surface area contributed by atoms with Gasteiger partial charge in [0.15, 0.2) is 0 Å². The molecule has 0 aromatic carbocycles. The molecule has 5 nitrogen and oxygen atoms in total. The Labute approximate surface area is 142 Å². The van der Waals surface area contributed by atoms with Crippen LogP contribution in [-0.2, 0) is 0 Å². The number of aryl methyl sites for hydroxylation is 1. The lowest BCUT2D eigenvalue weighted by Gasteiger charge is -2.28. The maximum Gasteiger partial charge on any atom is 0.252 e. The van der Waals surface area contributed by atoms with Gasteiger partial charge < -0.3 is 4.90 Å². The molecule has 1 aliphatic carbocycles. The van der Waals surface area contributed by atoms with Gasteiger partial charge in [-0.3, -0.25) is 9.36 Å². The van der Waals surface area contributed by atoms with Gasteiger partial charge in [0.2, 0.25) is 5.95 Å². The molecule has 3 heterocycles. The Kier molecular flexibility index (Phi) is 3.87. The topological polar surface area (TPSA) is 51.0 Å². The van der Waals surface area contributed by atoms with Crippen molar-refractivity contribution in [3.05, 3.63) is 40.3 Å². The standard InChI is InChI=1S/C19H24N4O/c1-13-7-9-22(10-8-13)19-20-12-16-14(2)11-17(24)23(18(16)21-19)15-5-3-4-6-15/h11-12,15H,1,3-10H2,2H3. The van der Waals surface area contributed by atoms with Crippen LogP contribution < -0.4 is 10.5 Å². The molecule has 2 fully saturated rings. The van der Waals surface area contributed by atoms with Crippen LogP contribution in [0, 0.1) is 6.92 Å². The summed E-state index contributed by atoms with van der Waals surface area (Å²) in [6.45, 7) is 7.85. The van der Waals surface area contributed by atoms with E-state index < -0.39 is 0 Å². The maximum atomic E-state index is 12.6. The monoisotopic (exact) mass is 324 g/mol. The third-order valence-electron chi connectivity index (χ3n) is 5.43. The van der Waals surface area contributed by atoms with Gasteiger partial charge >= 0.3 is 0 Å². The van der Waals surface area contributed by atoms with Gasteiger partial charge in [-0.2, -0.15) is 4.98 Å². The first-order valence-corrected chi connectivity index (χ1v) is 8.94. The second-order valence-electron chi connectivity index (χ2n) is 7.12. The summed E-state index contributed by atoms with van der Waals surface area (Å²) in [4.78, 5) is 24.3. The molecule has 24 heavy (non-hydrogen) atoms. The Morgan fingerprint density at radius 2 is 1.92 bits per heavy atom. The Balaban J connectivity index is 1.83. The van der Waals surface area contributed by atoms with Crippen molar-refractivity contribution in [1.82, 2.24) is 14.5 Å². The van der Waals surface area contributed by atoms with Crippen LogP contribution in [0.15, 0.2) is 29.2 Å². The molecule has 0 amide bonds. The lowest BCUT2D eigenvalue weighted by atomic mass is 10.1. The number of hydrogen-bond acceptors (Lipinski definition) is 4. The van der Waals surface area contributed by atoms with E-state index in [0.29, 0.717) is 0 Å². The minimum absolute atomic E-state index is 0.0728. The van der Waals surface area contributed by atoms with Crippen molar-refractivity contribution < 1.29 is 0 Å². The summed E-state index contributed by atoms with van der Waals surface area (Å²) in [6.07, 6.45) is 8.40. The minimum Gasteiger partial charge on any atom is -0.340 e. The fourth-order valence-electron chi connectivity index (χ4n) is 3.95. The first kappa shape index (κ1) is 15.4. The number of aromatic nitrogens is 3. The molecule has 0 N–H and O–H groups in total. The quantitative estimate of drug-likeness (QED) is 0.795. The van der Waals surface area contributed by atoms with E-state index in [2.05, 4.69) is 16.5 Å². The van der Waals surface area contributed by atoms with Gasteiger partial charge in [-0.1, -0.05) is 25.0 Å². The van der Waals surface area contributed by atoms with Gasteiger partial charge in [-0.25, -0.2) is 4.98 Å². The van der Waals surface area contributed by atoms with Crippen LogP contribution >= 0.6 is 0 Å². The number of fused-ring (bicyclic) bond motifs is 1. The number of nitrogens with zero attached hydrogens (tertiary/aromatic N) is 4. The van der Waals surface area contributed by atoms with Crippen molar-refractivity contribution in [1.29, 1.82) is 0 Å². The highest BCUT2D eigenvalue weighted by Crippen LogP contribution is 2.31. The molecule has 0 bridgehead atoms. The third-order valence-corrected chi connectivity index (χ3v) is 5.43. The molecule has 1 saturated heterocycles. The fourth-order valence-corrected chi connectivity index (χ4v) is 3.95. The Bertz CT molecular complexity index is 838. The lowest BCUT2D eigenvalue weighted by Crippen LogP contribution is -2.32. The molecule has 0 unspecified atom stereocenters. The van der Waals surface area contributed by atoms with E-state index in [0.717, 1.165) is 61.3 Å². The molecule has 1 aliphatic heterocycles. The summed E-state index contributed by atoms with van der Waals surface area (Å²) in [5, 5.41) is 0.992. The highest BCUT2D eigenvalue weighted by Gasteiger charge is 2.23. The van der Waals surface area contributed by atoms with Crippen molar-refractivity contribution >= 4 is 17.0 Å². The number of rotatable bonds is 2. The molecule has 2 aromatic rings. The molecular weight excluding hydrogens is 300 g/mol. The zero-order chi connectivity index (χ0) is 16.7. The molecule has 1 saturated carbocycles. The largest absolute Gasteiger partial charge is 0.340 e. The molecule has 2 aliphatic rings. The summed E-state index contributed by atoms with van der Waals surface area (Å²) in [5.74, 6) is 0.742. The van der Waals surface area contributed by atoms with Crippen LogP contribution in [0.25, 0.3) is 11.0 Å². The summed E-state index contributed by atoms with van der Waals surface area (Å²) in [6, 6.07) is 2.01. The predicted octanol–water partition coefficient (Wildman–Crippen LogP) is 3.37. The molecule has 0 radical (unpaired) electrons. The molecular formula is C19H24N4O. The highest BCUT2D eigenvalue weighted by molar-refractivity contribution is 5.79. The number of anilines is 1. The van der Waals surface area contributed by atoms with Gasteiger partial charge in [-0.05, 0) is 38.2 Å². The van der Waals surface area contributed by atoms with Crippen LogP contribution in [0.5, 0.6) is 0 Å². The van der Waals surface area contributed by atoms with E-state index in [1.165, 1.54) is 18.4 Å². The first-order chi connectivity index (χ1) is 11.6. The molecule has 0 atom stereocenters. The normalized spacial score (nSPS) is 19.4. The van der Waals surface area contributed by atoms with Crippen LogP contribution in [-0.4, -0.2) is 27.6 Å². The predicted molar refractivity (Wildman–Crippen MR) is 96.6 cm³/mol. The van der Waals surface area contributed by atoms with Crippen LogP contribution in [0.3, 0.4) is 0 Å². The lowest BCUT2D eigenvalue weighted by molar-refractivity contribution is 0.515. The maximum absolute atomic E-state index is 12.6. The van der Waals surface area contributed by atoms with E-state index >= 15 is 0 Å². The van der Waals surface area contributed by atoms with Crippen LogP contribution in [0.1, 0.15) is 50.1 Å². The van der Waals surface area contributed by atoms with Crippen molar-refractivity contribution in [2.45, 2.75) is 51.5 Å². The average Bonchev–Trinajstić information content (AvgIpc) is 3.09. The second-order valence-corrected chi connectivity index (χ2v) is 7.12. The SMILES string of the molecule is C=C1CCN(c2ncc3c(C)cc(=O)n(C4CCCC4)c3n2)CC1. The van der Waals surface area contributed by atoms with Crippen molar-refractivity contribution in [2.24, 2.45) is 0 Å². The van der Waals surface area contributed by atoms with E-state index in [1.54, 1.807) is 6.07 Å². The van der Waals surface area contributed by atoms with Crippen molar-refractivity contribution in [2.75, 3.05) is 18.0 Å². The molecule has 0 spiro atoms. The smallest absolute Gasteiger partial charge is 0.252 e. The Morgan fingerprint density at radius 3 is 2.62 bits per heavy atom. The van der Waals surface area contributed by atoms with Crippen molar-refractivity contribution in [3.63, 3.8) is 0 Å². The summed E-state index contributed by atoms with van der Waals surface area (Å²) >= 11 is 0. The number of piperidine rings is 1. The average molecular weight is 324 g/mol. The van der Waals surface area contributed by atoms with Gasteiger partial charge in [0, 0.05) is 36.8 Å².